The third-order valence-corrected chi connectivity index (χ3v) is 3.45. The molecule has 118 valence electrons. The van der Waals surface area contributed by atoms with E-state index in [1.807, 2.05) is 30.3 Å². The lowest BCUT2D eigenvalue weighted by atomic mass is 10.2. The van der Waals surface area contributed by atoms with E-state index in [1.165, 1.54) is 7.11 Å². The molecule has 3 aromatic rings. The van der Waals surface area contributed by atoms with Crippen molar-refractivity contribution in [3.8, 4) is 11.5 Å². The predicted molar refractivity (Wildman–Crippen MR) is 84.9 cm³/mol. The third kappa shape index (κ3) is 2.99. The molecule has 1 heterocycles. The van der Waals surface area contributed by atoms with Gasteiger partial charge in [-0.1, -0.05) is 30.3 Å². The van der Waals surface area contributed by atoms with Crippen LogP contribution >= 0.6 is 0 Å². The molecular formula is C18H16O5. The number of rotatable bonds is 5. The molecule has 0 fully saturated rings. The van der Waals surface area contributed by atoms with Gasteiger partial charge in [-0.05, 0) is 23.8 Å². The smallest absolute Gasteiger partial charge is 0.377 e. The Bertz CT molecular complexity index is 820. The maximum atomic E-state index is 11.9. The van der Waals surface area contributed by atoms with Crippen molar-refractivity contribution >= 4 is 16.9 Å². The highest BCUT2D eigenvalue weighted by Crippen LogP contribution is 2.36. The van der Waals surface area contributed by atoms with Crippen molar-refractivity contribution in [3.05, 3.63) is 59.9 Å². The lowest BCUT2D eigenvalue weighted by molar-refractivity contribution is 0.0560. The molecule has 2 aromatic carbocycles. The first-order valence-electron chi connectivity index (χ1n) is 7.08. The number of esters is 1. The molecule has 0 aliphatic carbocycles. The molecule has 5 heteroatoms. The minimum atomic E-state index is -0.580. The average molecular weight is 312 g/mol. The van der Waals surface area contributed by atoms with Crippen LogP contribution in [-0.2, 0) is 11.3 Å². The summed E-state index contributed by atoms with van der Waals surface area (Å²) in [5.41, 5.74) is 1.52. The SMILES string of the molecule is COC(=O)c1oc2ccc(OC)cc2c1OCc1ccccc1. The van der Waals surface area contributed by atoms with E-state index in [1.54, 1.807) is 25.3 Å². The number of ether oxygens (including phenoxy) is 3. The van der Waals surface area contributed by atoms with Crippen LogP contribution in [0.4, 0.5) is 0 Å². The van der Waals surface area contributed by atoms with Gasteiger partial charge in [-0.2, -0.15) is 0 Å². The molecule has 0 saturated carbocycles. The highest BCUT2D eigenvalue weighted by atomic mass is 16.5. The van der Waals surface area contributed by atoms with E-state index in [-0.39, 0.29) is 5.76 Å². The topological polar surface area (TPSA) is 57.9 Å². The number of furan rings is 1. The summed E-state index contributed by atoms with van der Waals surface area (Å²) in [5, 5.41) is 0.667. The fraction of sp³-hybridized carbons (Fsp3) is 0.167. The van der Waals surface area contributed by atoms with Gasteiger partial charge in [-0.3, -0.25) is 0 Å². The molecule has 0 aliphatic heterocycles. The summed E-state index contributed by atoms with van der Waals surface area (Å²) in [6.45, 7) is 0.316. The molecule has 0 bridgehead atoms. The Morgan fingerprint density at radius 3 is 2.57 bits per heavy atom. The Hall–Kier alpha value is -2.95. The van der Waals surface area contributed by atoms with Crippen molar-refractivity contribution in [1.82, 2.24) is 0 Å². The highest BCUT2D eigenvalue weighted by molar-refractivity contribution is 5.99. The Labute approximate surface area is 133 Å². The molecule has 0 amide bonds. The van der Waals surface area contributed by atoms with Gasteiger partial charge in [0.15, 0.2) is 5.75 Å². The number of fused-ring (bicyclic) bond motifs is 1. The van der Waals surface area contributed by atoms with E-state index < -0.39 is 5.97 Å². The lowest BCUT2D eigenvalue weighted by Crippen LogP contribution is -2.03. The Morgan fingerprint density at radius 1 is 1.09 bits per heavy atom. The van der Waals surface area contributed by atoms with Gasteiger partial charge in [0.1, 0.15) is 17.9 Å². The van der Waals surface area contributed by atoms with Crippen molar-refractivity contribution < 1.29 is 23.4 Å². The standard InChI is InChI=1S/C18H16O5/c1-20-13-8-9-15-14(10-13)16(17(23-15)18(19)21-2)22-11-12-6-4-3-5-7-12/h3-10H,11H2,1-2H3. The Balaban J connectivity index is 2.02. The number of hydrogen-bond donors (Lipinski definition) is 0. The van der Waals surface area contributed by atoms with Crippen LogP contribution in [-0.4, -0.2) is 20.2 Å². The minimum Gasteiger partial charge on any atom is -0.497 e. The maximum Gasteiger partial charge on any atom is 0.377 e. The number of benzene rings is 2. The monoisotopic (exact) mass is 312 g/mol. The fourth-order valence-electron chi connectivity index (χ4n) is 2.28. The molecule has 3 rings (SSSR count). The van der Waals surface area contributed by atoms with Gasteiger partial charge in [0.2, 0.25) is 0 Å². The molecule has 0 spiro atoms. The molecule has 5 nitrogen and oxygen atoms in total. The zero-order valence-electron chi connectivity index (χ0n) is 12.9. The number of carbonyl (C=O) groups is 1. The lowest BCUT2D eigenvalue weighted by Gasteiger charge is -2.06. The Kier molecular flexibility index (Phi) is 4.19. The summed E-state index contributed by atoms with van der Waals surface area (Å²) >= 11 is 0. The molecule has 23 heavy (non-hydrogen) atoms. The van der Waals surface area contributed by atoms with Crippen LogP contribution in [0.3, 0.4) is 0 Å². The van der Waals surface area contributed by atoms with Crippen molar-refractivity contribution in [2.24, 2.45) is 0 Å². The van der Waals surface area contributed by atoms with E-state index in [0.29, 0.717) is 29.1 Å². The van der Waals surface area contributed by atoms with Crippen LogP contribution in [0.25, 0.3) is 11.0 Å². The zero-order chi connectivity index (χ0) is 16.2. The third-order valence-electron chi connectivity index (χ3n) is 3.45. The summed E-state index contributed by atoms with van der Waals surface area (Å²) in [4.78, 5) is 11.9. The normalized spacial score (nSPS) is 10.5. The number of hydrogen-bond acceptors (Lipinski definition) is 5. The van der Waals surface area contributed by atoms with Crippen molar-refractivity contribution in [1.29, 1.82) is 0 Å². The summed E-state index contributed by atoms with van der Waals surface area (Å²) in [6, 6.07) is 14.9. The van der Waals surface area contributed by atoms with Crippen LogP contribution in [0, 0.1) is 0 Å². The van der Waals surface area contributed by atoms with Crippen LogP contribution in [0.2, 0.25) is 0 Å². The van der Waals surface area contributed by atoms with E-state index in [4.69, 9.17) is 18.6 Å². The van der Waals surface area contributed by atoms with Gasteiger partial charge in [-0.15, -0.1) is 0 Å². The second kappa shape index (κ2) is 6.44. The van der Waals surface area contributed by atoms with Crippen LogP contribution in [0.15, 0.2) is 52.9 Å². The fourth-order valence-corrected chi connectivity index (χ4v) is 2.28. The molecule has 0 atom stereocenters. The van der Waals surface area contributed by atoms with Crippen molar-refractivity contribution in [2.75, 3.05) is 14.2 Å². The van der Waals surface area contributed by atoms with Gasteiger partial charge in [0.05, 0.1) is 19.6 Å². The van der Waals surface area contributed by atoms with Crippen molar-refractivity contribution in [3.63, 3.8) is 0 Å². The zero-order valence-corrected chi connectivity index (χ0v) is 12.9. The van der Waals surface area contributed by atoms with Gasteiger partial charge >= 0.3 is 5.97 Å². The van der Waals surface area contributed by atoms with Gasteiger partial charge < -0.3 is 18.6 Å². The van der Waals surface area contributed by atoms with Crippen LogP contribution in [0.1, 0.15) is 16.1 Å². The highest BCUT2D eigenvalue weighted by Gasteiger charge is 2.23. The average Bonchev–Trinajstić information content (AvgIpc) is 2.97. The molecular weight excluding hydrogens is 296 g/mol. The van der Waals surface area contributed by atoms with Crippen LogP contribution < -0.4 is 9.47 Å². The summed E-state index contributed by atoms with van der Waals surface area (Å²) in [5.74, 6) is 0.476. The second-order valence-corrected chi connectivity index (χ2v) is 4.89. The quantitative estimate of drug-likeness (QED) is 0.671. The predicted octanol–water partition coefficient (Wildman–Crippen LogP) is 3.81. The maximum absolute atomic E-state index is 11.9. The summed E-state index contributed by atoms with van der Waals surface area (Å²) in [7, 11) is 2.88. The molecule has 1 aromatic heterocycles. The Morgan fingerprint density at radius 2 is 1.87 bits per heavy atom. The summed E-state index contributed by atoms with van der Waals surface area (Å²) in [6.07, 6.45) is 0. The summed E-state index contributed by atoms with van der Waals surface area (Å²) < 4.78 is 21.4. The first-order valence-corrected chi connectivity index (χ1v) is 7.08. The van der Waals surface area contributed by atoms with Crippen molar-refractivity contribution in [2.45, 2.75) is 6.61 Å². The second-order valence-electron chi connectivity index (χ2n) is 4.89. The van der Waals surface area contributed by atoms with E-state index in [2.05, 4.69) is 0 Å². The van der Waals surface area contributed by atoms with Gasteiger partial charge in [0, 0.05) is 0 Å². The first-order chi connectivity index (χ1) is 11.2. The van der Waals surface area contributed by atoms with Crippen LogP contribution in [0.5, 0.6) is 11.5 Å². The molecule has 0 radical (unpaired) electrons. The molecule has 0 saturated heterocycles. The molecule has 0 aliphatic rings. The largest absolute Gasteiger partial charge is 0.497 e. The van der Waals surface area contributed by atoms with Gasteiger partial charge in [0.25, 0.3) is 5.76 Å². The number of carbonyl (C=O) groups excluding carboxylic acids is 1. The van der Waals surface area contributed by atoms with E-state index >= 15 is 0 Å². The van der Waals surface area contributed by atoms with E-state index in [9.17, 15) is 4.79 Å². The molecule has 0 unspecified atom stereocenters. The first kappa shape index (κ1) is 15.0. The minimum absolute atomic E-state index is 0.0479. The number of methoxy groups -OCH3 is 2. The molecule has 0 N–H and O–H groups in total. The van der Waals surface area contributed by atoms with Gasteiger partial charge in [-0.25, -0.2) is 4.79 Å². The van der Waals surface area contributed by atoms with E-state index in [0.717, 1.165) is 5.56 Å².